The molecule has 2 N–H and O–H groups in total. The van der Waals surface area contributed by atoms with Crippen molar-refractivity contribution < 1.29 is 4.74 Å². The van der Waals surface area contributed by atoms with Crippen LogP contribution >= 0.6 is 11.6 Å². The number of fused-ring (bicyclic) bond motifs is 1. The molecule has 5 heteroatoms. The summed E-state index contributed by atoms with van der Waals surface area (Å²) >= 11 is 6.20. The molecule has 2 aromatic rings. The van der Waals surface area contributed by atoms with Crippen molar-refractivity contribution in [3.05, 3.63) is 39.6 Å². The molecule has 0 saturated heterocycles. The summed E-state index contributed by atoms with van der Waals surface area (Å²) in [6, 6.07) is 4.97. The second kappa shape index (κ2) is 5.42. The molecule has 0 aliphatic carbocycles. The van der Waals surface area contributed by atoms with Gasteiger partial charge in [-0.3, -0.25) is 4.79 Å². The van der Waals surface area contributed by atoms with E-state index < -0.39 is 0 Å². The van der Waals surface area contributed by atoms with E-state index in [4.69, 9.17) is 22.1 Å². The molecule has 0 atom stereocenters. The fourth-order valence-electron chi connectivity index (χ4n) is 2.00. The van der Waals surface area contributed by atoms with E-state index in [-0.39, 0.29) is 5.43 Å². The number of rotatable bonds is 4. The number of halogens is 1. The number of nitrogens with two attached hydrogens (primary N) is 1. The molecule has 4 nitrogen and oxygen atoms in total. The fraction of sp³-hybridized carbons (Fsp3) is 0.308. The van der Waals surface area contributed by atoms with Crippen LogP contribution in [0.3, 0.4) is 0 Å². The predicted octanol–water partition coefficient (Wildman–Crippen LogP) is 2.01. The normalized spacial score (nSPS) is 10.8. The van der Waals surface area contributed by atoms with Crippen LogP contribution in [0.2, 0.25) is 5.02 Å². The first-order valence-electron chi connectivity index (χ1n) is 5.74. The molecule has 0 spiro atoms. The summed E-state index contributed by atoms with van der Waals surface area (Å²) in [7, 11) is 1.54. The average molecular weight is 267 g/mol. The lowest BCUT2D eigenvalue weighted by Gasteiger charge is -2.13. The number of benzene rings is 1. The highest BCUT2D eigenvalue weighted by atomic mass is 35.5. The maximum Gasteiger partial charge on any atom is 0.193 e. The highest BCUT2D eigenvalue weighted by molar-refractivity contribution is 6.35. The molecule has 0 radical (unpaired) electrons. The van der Waals surface area contributed by atoms with Gasteiger partial charge in [0.25, 0.3) is 0 Å². The summed E-state index contributed by atoms with van der Waals surface area (Å²) < 4.78 is 7.17. The Kier molecular flexibility index (Phi) is 3.89. The van der Waals surface area contributed by atoms with E-state index in [0.29, 0.717) is 28.2 Å². The van der Waals surface area contributed by atoms with Crippen LogP contribution in [0.1, 0.15) is 6.42 Å². The highest BCUT2D eigenvalue weighted by Crippen LogP contribution is 2.28. The Morgan fingerprint density at radius 1 is 1.39 bits per heavy atom. The lowest BCUT2D eigenvalue weighted by Crippen LogP contribution is -2.12. The van der Waals surface area contributed by atoms with E-state index >= 15 is 0 Å². The molecule has 0 aliphatic heterocycles. The zero-order valence-corrected chi connectivity index (χ0v) is 10.9. The van der Waals surface area contributed by atoms with Gasteiger partial charge in [0.15, 0.2) is 5.43 Å². The minimum atomic E-state index is -0.0895. The summed E-state index contributed by atoms with van der Waals surface area (Å²) in [5.74, 6) is 0.543. The molecule has 18 heavy (non-hydrogen) atoms. The monoisotopic (exact) mass is 266 g/mol. The van der Waals surface area contributed by atoms with Crippen molar-refractivity contribution in [3.63, 3.8) is 0 Å². The number of pyridine rings is 1. The zero-order chi connectivity index (χ0) is 13.1. The van der Waals surface area contributed by atoms with Crippen LogP contribution in [0.5, 0.6) is 5.75 Å². The van der Waals surface area contributed by atoms with Gasteiger partial charge in [-0.25, -0.2) is 0 Å². The largest absolute Gasteiger partial charge is 0.496 e. The summed E-state index contributed by atoms with van der Waals surface area (Å²) in [4.78, 5) is 12.0. The Labute approximate surface area is 110 Å². The van der Waals surface area contributed by atoms with Crippen molar-refractivity contribution in [2.24, 2.45) is 5.73 Å². The lowest BCUT2D eigenvalue weighted by atomic mass is 10.2. The summed E-state index contributed by atoms with van der Waals surface area (Å²) in [5.41, 5.74) is 6.13. The summed E-state index contributed by atoms with van der Waals surface area (Å²) in [5, 5.41) is 1.06. The number of nitrogens with zero attached hydrogens (tertiary/aromatic N) is 1. The van der Waals surface area contributed by atoms with Crippen LogP contribution in [0.25, 0.3) is 10.9 Å². The van der Waals surface area contributed by atoms with Crippen molar-refractivity contribution in [2.45, 2.75) is 13.0 Å². The van der Waals surface area contributed by atoms with Crippen molar-refractivity contribution in [3.8, 4) is 5.75 Å². The Morgan fingerprint density at radius 3 is 2.83 bits per heavy atom. The predicted molar refractivity (Wildman–Crippen MR) is 73.4 cm³/mol. The van der Waals surface area contributed by atoms with E-state index in [9.17, 15) is 4.79 Å². The Balaban J connectivity index is 2.75. The minimum Gasteiger partial charge on any atom is -0.496 e. The van der Waals surface area contributed by atoms with E-state index in [1.165, 1.54) is 6.07 Å². The Hall–Kier alpha value is -1.52. The molecule has 0 amide bonds. The van der Waals surface area contributed by atoms with Gasteiger partial charge < -0.3 is 15.0 Å². The van der Waals surface area contributed by atoms with Crippen LogP contribution in [-0.2, 0) is 6.54 Å². The first-order chi connectivity index (χ1) is 8.69. The van der Waals surface area contributed by atoms with Crippen LogP contribution in [-0.4, -0.2) is 18.2 Å². The van der Waals surface area contributed by atoms with Gasteiger partial charge in [-0.2, -0.15) is 0 Å². The first kappa shape index (κ1) is 12.9. The van der Waals surface area contributed by atoms with Crippen molar-refractivity contribution >= 4 is 22.5 Å². The zero-order valence-electron chi connectivity index (χ0n) is 10.1. The molecular weight excluding hydrogens is 252 g/mol. The molecule has 0 unspecified atom stereocenters. The van der Waals surface area contributed by atoms with Crippen molar-refractivity contribution in [1.29, 1.82) is 0 Å². The molecule has 96 valence electrons. The Morgan fingerprint density at radius 2 is 2.17 bits per heavy atom. The van der Waals surface area contributed by atoms with Crippen LogP contribution in [0, 0.1) is 0 Å². The maximum atomic E-state index is 12.0. The average Bonchev–Trinajstić information content (AvgIpc) is 2.39. The number of aromatic nitrogens is 1. The molecule has 0 saturated carbocycles. The lowest BCUT2D eigenvalue weighted by molar-refractivity contribution is 0.419. The van der Waals surface area contributed by atoms with Gasteiger partial charge in [-0.1, -0.05) is 11.6 Å². The topological polar surface area (TPSA) is 57.2 Å². The molecule has 2 rings (SSSR count). The van der Waals surface area contributed by atoms with Gasteiger partial charge in [0.1, 0.15) is 5.75 Å². The number of hydrogen-bond acceptors (Lipinski definition) is 3. The number of methoxy groups -OCH3 is 1. The molecule has 0 aliphatic rings. The first-order valence-corrected chi connectivity index (χ1v) is 6.12. The van der Waals surface area contributed by atoms with Crippen LogP contribution < -0.4 is 15.9 Å². The Bertz CT molecular complexity index is 622. The second-order valence-electron chi connectivity index (χ2n) is 3.99. The number of hydrogen-bond donors (Lipinski definition) is 1. The minimum absolute atomic E-state index is 0.0895. The number of aryl methyl sites for hydroxylation is 1. The molecular formula is C13H15ClN2O2. The maximum absolute atomic E-state index is 12.0. The molecule has 1 aromatic heterocycles. The van der Waals surface area contributed by atoms with Crippen LogP contribution in [0.4, 0.5) is 0 Å². The smallest absolute Gasteiger partial charge is 0.193 e. The quantitative estimate of drug-likeness (QED) is 0.921. The highest BCUT2D eigenvalue weighted by Gasteiger charge is 2.11. The van der Waals surface area contributed by atoms with Gasteiger partial charge in [-0.15, -0.1) is 0 Å². The van der Waals surface area contributed by atoms with Gasteiger partial charge in [0.05, 0.1) is 23.0 Å². The van der Waals surface area contributed by atoms with Crippen molar-refractivity contribution in [2.75, 3.05) is 13.7 Å². The SMILES string of the molecule is COc1ccc(Cl)c2c1c(=O)ccn2CCCN. The van der Waals surface area contributed by atoms with Crippen LogP contribution in [0.15, 0.2) is 29.2 Å². The molecule has 0 bridgehead atoms. The fourth-order valence-corrected chi connectivity index (χ4v) is 2.27. The van der Waals surface area contributed by atoms with Crippen molar-refractivity contribution in [1.82, 2.24) is 4.57 Å². The van der Waals surface area contributed by atoms with Gasteiger partial charge in [-0.05, 0) is 25.1 Å². The summed E-state index contributed by atoms with van der Waals surface area (Å²) in [6.07, 6.45) is 2.57. The standard InChI is InChI=1S/C13H15ClN2O2/c1-18-11-4-3-9(14)13-12(11)10(17)5-8-16(13)7-2-6-15/h3-5,8H,2,6-7,15H2,1H3. The van der Waals surface area contributed by atoms with E-state index in [1.54, 1.807) is 25.4 Å². The molecule has 1 heterocycles. The van der Waals surface area contributed by atoms with E-state index in [0.717, 1.165) is 13.0 Å². The van der Waals surface area contributed by atoms with Gasteiger partial charge in [0, 0.05) is 18.8 Å². The van der Waals surface area contributed by atoms with Gasteiger partial charge in [0.2, 0.25) is 0 Å². The summed E-state index contributed by atoms with van der Waals surface area (Å²) in [6.45, 7) is 1.31. The third-order valence-corrected chi connectivity index (χ3v) is 3.16. The van der Waals surface area contributed by atoms with E-state index in [1.807, 2.05) is 4.57 Å². The number of ether oxygens (including phenoxy) is 1. The third-order valence-electron chi connectivity index (χ3n) is 2.85. The molecule has 1 aromatic carbocycles. The molecule has 0 fully saturated rings. The second-order valence-corrected chi connectivity index (χ2v) is 4.40. The third kappa shape index (κ3) is 2.21. The van der Waals surface area contributed by atoms with E-state index in [2.05, 4.69) is 0 Å². The van der Waals surface area contributed by atoms with Gasteiger partial charge >= 0.3 is 0 Å².